The standard InChI is InChI=1S/C29H31N3OS2/c1-19(2)32-28(33)26(35-29(32)34)18-24-17-23-15-20(3)9-10-25(23)30-27(24)31-13-11-22(12-14-31)16-21-7-5-4-6-8-21/h4-10,15,17-19,22H,11-14,16H2,1-3H3/b26-18-. The number of pyridine rings is 1. The van der Waals surface area contributed by atoms with Gasteiger partial charge in [-0.15, -0.1) is 0 Å². The van der Waals surface area contributed by atoms with Crippen LogP contribution in [-0.4, -0.2) is 39.2 Å². The molecule has 2 fully saturated rings. The second-order valence-electron chi connectivity index (χ2n) is 9.86. The summed E-state index contributed by atoms with van der Waals surface area (Å²) >= 11 is 6.90. The number of hydrogen-bond donors (Lipinski definition) is 0. The molecule has 2 aliphatic rings. The minimum atomic E-state index is -0.00754. The van der Waals surface area contributed by atoms with E-state index in [1.807, 2.05) is 19.9 Å². The molecule has 3 aromatic rings. The van der Waals surface area contributed by atoms with E-state index in [4.69, 9.17) is 17.2 Å². The van der Waals surface area contributed by atoms with Crippen molar-refractivity contribution >= 4 is 57.0 Å². The third-order valence-corrected chi connectivity index (χ3v) is 8.22. The topological polar surface area (TPSA) is 36.4 Å². The van der Waals surface area contributed by atoms with Gasteiger partial charge in [0.05, 0.1) is 10.4 Å². The van der Waals surface area contributed by atoms with Gasteiger partial charge in [0, 0.05) is 30.1 Å². The Kier molecular flexibility index (Phi) is 6.94. The molecule has 3 heterocycles. The largest absolute Gasteiger partial charge is 0.356 e. The summed E-state index contributed by atoms with van der Waals surface area (Å²) < 4.78 is 0.629. The van der Waals surface area contributed by atoms with E-state index in [1.54, 1.807) is 4.90 Å². The molecule has 4 nitrogen and oxygen atoms in total. The van der Waals surface area contributed by atoms with Gasteiger partial charge in [0.1, 0.15) is 10.1 Å². The van der Waals surface area contributed by atoms with Gasteiger partial charge in [-0.25, -0.2) is 4.98 Å². The van der Waals surface area contributed by atoms with Gasteiger partial charge in [0.15, 0.2) is 0 Å². The number of amides is 1. The van der Waals surface area contributed by atoms with Crippen molar-refractivity contribution in [2.45, 2.75) is 46.1 Å². The monoisotopic (exact) mass is 501 g/mol. The first-order chi connectivity index (χ1) is 16.9. The Balaban J connectivity index is 1.45. The summed E-state index contributed by atoms with van der Waals surface area (Å²) in [6.07, 6.45) is 5.40. The first kappa shape index (κ1) is 24.0. The second-order valence-corrected chi connectivity index (χ2v) is 11.5. The first-order valence-corrected chi connectivity index (χ1v) is 13.6. The molecule has 0 N–H and O–H groups in total. The van der Waals surface area contributed by atoms with Gasteiger partial charge in [-0.2, -0.15) is 0 Å². The van der Waals surface area contributed by atoms with Crippen LogP contribution in [-0.2, 0) is 11.2 Å². The smallest absolute Gasteiger partial charge is 0.266 e. The van der Waals surface area contributed by atoms with Crippen LogP contribution in [0.2, 0.25) is 0 Å². The van der Waals surface area contributed by atoms with Crippen molar-refractivity contribution in [1.29, 1.82) is 0 Å². The molecule has 0 aliphatic carbocycles. The zero-order chi connectivity index (χ0) is 24.5. The van der Waals surface area contributed by atoms with Crippen LogP contribution in [0.3, 0.4) is 0 Å². The van der Waals surface area contributed by atoms with Crippen molar-refractivity contribution in [2.75, 3.05) is 18.0 Å². The van der Waals surface area contributed by atoms with Crippen molar-refractivity contribution in [2.24, 2.45) is 5.92 Å². The molecule has 6 heteroatoms. The molecule has 1 aromatic heterocycles. The molecule has 5 rings (SSSR count). The Bertz CT molecular complexity index is 1290. The van der Waals surface area contributed by atoms with Crippen LogP contribution in [0.25, 0.3) is 17.0 Å². The number of rotatable bonds is 5. The molecule has 0 radical (unpaired) electrons. The number of piperidine rings is 1. The van der Waals surface area contributed by atoms with Crippen LogP contribution in [0.5, 0.6) is 0 Å². The molecule has 2 aromatic carbocycles. The summed E-state index contributed by atoms with van der Waals surface area (Å²) in [5.74, 6) is 1.64. The molecule has 0 unspecified atom stereocenters. The van der Waals surface area contributed by atoms with Gasteiger partial charge in [0.25, 0.3) is 5.91 Å². The van der Waals surface area contributed by atoms with Gasteiger partial charge in [0.2, 0.25) is 0 Å². The maximum atomic E-state index is 13.1. The van der Waals surface area contributed by atoms with Gasteiger partial charge in [-0.3, -0.25) is 9.69 Å². The summed E-state index contributed by atoms with van der Waals surface area (Å²) in [5.41, 5.74) is 4.60. The van der Waals surface area contributed by atoms with Crippen molar-refractivity contribution < 1.29 is 4.79 Å². The van der Waals surface area contributed by atoms with E-state index in [1.165, 1.54) is 22.9 Å². The van der Waals surface area contributed by atoms with E-state index in [0.29, 0.717) is 15.1 Å². The molecule has 0 saturated carbocycles. The third-order valence-electron chi connectivity index (χ3n) is 6.89. The Morgan fingerprint density at radius 1 is 1.11 bits per heavy atom. The van der Waals surface area contributed by atoms with Crippen molar-refractivity contribution in [3.63, 3.8) is 0 Å². The van der Waals surface area contributed by atoms with E-state index in [2.05, 4.69) is 66.4 Å². The highest BCUT2D eigenvalue weighted by molar-refractivity contribution is 8.26. The Labute approximate surface area is 217 Å². The normalized spacial score (nSPS) is 18.5. The number of hydrogen-bond acceptors (Lipinski definition) is 5. The fourth-order valence-electron chi connectivity index (χ4n) is 5.02. The molecule has 2 aliphatic heterocycles. The van der Waals surface area contributed by atoms with Crippen LogP contribution in [0.15, 0.2) is 59.5 Å². The van der Waals surface area contributed by atoms with Crippen LogP contribution in [0.4, 0.5) is 5.82 Å². The van der Waals surface area contributed by atoms with Gasteiger partial charge in [-0.05, 0) is 75.8 Å². The van der Waals surface area contributed by atoms with Gasteiger partial charge < -0.3 is 4.90 Å². The van der Waals surface area contributed by atoms with E-state index in [0.717, 1.165) is 54.6 Å². The fraction of sp³-hybridized carbons (Fsp3) is 0.345. The lowest BCUT2D eigenvalue weighted by Crippen LogP contribution is -2.35. The predicted octanol–water partition coefficient (Wildman–Crippen LogP) is 6.61. The number of carbonyl (C=O) groups excluding carboxylic acids is 1. The van der Waals surface area contributed by atoms with Crippen molar-refractivity contribution in [3.05, 3.63) is 76.2 Å². The highest BCUT2D eigenvalue weighted by Gasteiger charge is 2.34. The summed E-state index contributed by atoms with van der Waals surface area (Å²) in [6.45, 7) is 8.03. The number of aromatic nitrogens is 1. The Morgan fingerprint density at radius 2 is 1.86 bits per heavy atom. The number of carbonyl (C=O) groups is 1. The van der Waals surface area contributed by atoms with E-state index in [-0.39, 0.29) is 11.9 Å². The summed E-state index contributed by atoms with van der Waals surface area (Å²) in [5, 5.41) is 1.10. The highest BCUT2D eigenvalue weighted by atomic mass is 32.2. The van der Waals surface area contributed by atoms with Crippen LogP contribution >= 0.6 is 24.0 Å². The second kappa shape index (κ2) is 10.1. The highest BCUT2D eigenvalue weighted by Crippen LogP contribution is 2.37. The lowest BCUT2D eigenvalue weighted by atomic mass is 9.90. The van der Waals surface area contributed by atoms with Crippen LogP contribution in [0, 0.1) is 12.8 Å². The zero-order valence-electron chi connectivity index (χ0n) is 20.5. The number of thiocarbonyl (C=S) groups is 1. The van der Waals surface area contributed by atoms with Crippen LogP contribution < -0.4 is 4.90 Å². The Morgan fingerprint density at radius 3 is 2.54 bits per heavy atom. The summed E-state index contributed by atoms with van der Waals surface area (Å²) in [7, 11) is 0. The van der Waals surface area contributed by atoms with Crippen molar-refractivity contribution in [3.8, 4) is 0 Å². The quantitative estimate of drug-likeness (QED) is 0.290. The Hall–Kier alpha value is -2.70. The molecule has 0 atom stereocenters. The molecule has 35 heavy (non-hydrogen) atoms. The molecule has 1 amide bonds. The molecular weight excluding hydrogens is 470 g/mol. The maximum absolute atomic E-state index is 13.1. The number of thioether (sulfide) groups is 1. The number of fused-ring (bicyclic) bond motifs is 1. The number of nitrogens with zero attached hydrogens (tertiary/aromatic N) is 3. The average molecular weight is 502 g/mol. The van der Waals surface area contributed by atoms with E-state index < -0.39 is 0 Å². The number of benzene rings is 2. The maximum Gasteiger partial charge on any atom is 0.266 e. The van der Waals surface area contributed by atoms with E-state index >= 15 is 0 Å². The summed E-state index contributed by atoms with van der Waals surface area (Å²) in [4.78, 5) is 23.0. The van der Waals surface area contributed by atoms with Gasteiger partial charge in [-0.1, -0.05) is 65.9 Å². The van der Waals surface area contributed by atoms with Gasteiger partial charge >= 0.3 is 0 Å². The molecule has 2 saturated heterocycles. The minimum absolute atomic E-state index is 0.00754. The molecule has 180 valence electrons. The molecule has 0 bridgehead atoms. The SMILES string of the molecule is Cc1ccc2nc(N3CCC(Cc4ccccc4)CC3)c(/C=C3\SC(=S)N(C(C)C)C3=O)cc2c1. The molecule has 0 spiro atoms. The predicted molar refractivity (Wildman–Crippen MR) is 152 cm³/mol. The zero-order valence-corrected chi connectivity index (χ0v) is 22.2. The third kappa shape index (κ3) is 5.14. The number of anilines is 1. The lowest BCUT2D eigenvalue weighted by Gasteiger charge is -2.34. The van der Waals surface area contributed by atoms with Crippen LogP contribution in [0.1, 0.15) is 43.4 Å². The molecular formula is C29H31N3OS2. The minimum Gasteiger partial charge on any atom is -0.356 e. The van der Waals surface area contributed by atoms with Crippen molar-refractivity contribution in [1.82, 2.24) is 9.88 Å². The lowest BCUT2D eigenvalue weighted by molar-refractivity contribution is -0.123. The summed E-state index contributed by atoms with van der Waals surface area (Å²) in [6, 6.07) is 19.4. The average Bonchev–Trinajstić information content (AvgIpc) is 3.12. The number of aryl methyl sites for hydroxylation is 1. The fourth-order valence-corrected chi connectivity index (χ4v) is 6.54. The van der Waals surface area contributed by atoms with E-state index in [9.17, 15) is 4.79 Å². The first-order valence-electron chi connectivity index (χ1n) is 12.4.